The molecule has 2 N–H and O–H groups in total. The van der Waals surface area contributed by atoms with E-state index < -0.39 is 17.0 Å². The van der Waals surface area contributed by atoms with Crippen LogP contribution >= 0.6 is 0 Å². The van der Waals surface area contributed by atoms with Crippen LogP contribution in [0.4, 0.5) is 5.82 Å². The summed E-state index contributed by atoms with van der Waals surface area (Å²) in [6.07, 6.45) is 5.53. The highest BCUT2D eigenvalue weighted by Gasteiger charge is 2.45. The molecule has 2 aromatic rings. The second-order valence-corrected chi connectivity index (χ2v) is 8.82. The highest BCUT2D eigenvalue weighted by Crippen LogP contribution is 2.37. The molecule has 2 fully saturated rings. The molecule has 7 nitrogen and oxygen atoms in total. The molecule has 4 rings (SSSR count). The normalized spacial score (nSPS) is 27.5. The van der Waals surface area contributed by atoms with Crippen molar-refractivity contribution in [2.45, 2.75) is 31.4 Å². The molecule has 0 spiro atoms. The summed E-state index contributed by atoms with van der Waals surface area (Å²) in [5.41, 5.74) is 0.195. The number of aliphatic hydroxyl groups is 1. The molecule has 1 atom stereocenters. The van der Waals surface area contributed by atoms with Crippen molar-refractivity contribution in [2.75, 3.05) is 30.8 Å². The van der Waals surface area contributed by atoms with Gasteiger partial charge in [0.1, 0.15) is 23.5 Å². The van der Waals surface area contributed by atoms with Crippen LogP contribution in [0.3, 0.4) is 0 Å². The van der Waals surface area contributed by atoms with Crippen LogP contribution in [-0.4, -0.2) is 66.4 Å². The summed E-state index contributed by atoms with van der Waals surface area (Å²) < 4.78 is 14.2. The van der Waals surface area contributed by atoms with Crippen LogP contribution in [-0.2, 0) is 11.4 Å². The van der Waals surface area contributed by atoms with Gasteiger partial charge in [-0.15, -0.1) is 4.31 Å². The molecule has 130 valence electrons. The minimum atomic E-state index is -0.968. The molecule has 1 unspecified atom stereocenters. The lowest BCUT2D eigenvalue weighted by Crippen LogP contribution is -2.62. The fraction of sp³-hybridized carbons (Fsp3) is 0.625. The molecule has 1 saturated heterocycles. The molecule has 24 heavy (non-hydrogen) atoms. The number of H-pyrrole nitrogens is 1. The Morgan fingerprint density at radius 3 is 2.92 bits per heavy atom. The van der Waals surface area contributed by atoms with Gasteiger partial charge in [-0.1, -0.05) is 0 Å². The number of nitrogens with zero attached hydrogens (tertiary/aromatic N) is 4. The predicted octanol–water partition coefficient (Wildman–Crippen LogP) is 0.903. The monoisotopic (exact) mass is 349 g/mol. The lowest BCUT2D eigenvalue weighted by Gasteiger charge is -2.46. The van der Waals surface area contributed by atoms with Crippen molar-refractivity contribution in [1.29, 1.82) is 0 Å². The summed E-state index contributed by atoms with van der Waals surface area (Å²) in [7, 11) is 2.07. The Kier molecular flexibility index (Phi) is 3.95. The first-order chi connectivity index (χ1) is 11.4. The summed E-state index contributed by atoms with van der Waals surface area (Å²) in [5.74, 6) is 2.13. The number of β-amino-alcohol motifs (C(OH)–C–C–N with tert-alkyl or cyclic N) is 1. The largest absolute Gasteiger partial charge is 0.598 e. The van der Waals surface area contributed by atoms with Gasteiger partial charge in [-0.05, 0) is 25.8 Å². The number of hydrogen-bond donors (Lipinski definition) is 2. The third-order valence-corrected chi connectivity index (χ3v) is 6.72. The van der Waals surface area contributed by atoms with Gasteiger partial charge in [-0.2, -0.15) is 0 Å². The number of aromatic amines is 1. The standard InChI is InChI=1S/C16H23N5O2S/c1-16(22)8-21(9-16)24(23)7-11-5-12(6-11)20(2)15-13-3-4-17-14(13)18-10-19-15/h3-4,10-12,22H,5-9H2,1-2H3,(H,17,18,19)/t11-,12+,24?. The SMILES string of the molecule is CN(c1ncnc2[nH]ccc12)[C@H]1C[C@@H](C[S+]([O-])N2CC(C)(O)C2)C1. The Bertz CT molecular complexity index is 722. The number of nitrogens with one attached hydrogen (secondary N) is 1. The van der Waals surface area contributed by atoms with Gasteiger partial charge in [0.15, 0.2) is 0 Å². The first-order valence-corrected chi connectivity index (χ1v) is 9.57. The molecule has 2 aliphatic rings. The number of fused-ring (bicyclic) bond motifs is 1. The van der Waals surface area contributed by atoms with E-state index in [-0.39, 0.29) is 0 Å². The Balaban J connectivity index is 1.32. The quantitative estimate of drug-likeness (QED) is 0.780. The smallest absolute Gasteiger partial charge is 0.142 e. The van der Waals surface area contributed by atoms with Crippen LogP contribution < -0.4 is 4.90 Å². The molecule has 0 radical (unpaired) electrons. The van der Waals surface area contributed by atoms with Crippen LogP contribution in [0.5, 0.6) is 0 Å². The predicted molar refractivity (Wildman–Crippen MR) is 94.0 cm³/mol. The van der Waals surface area contributed by atoms with Gasteiger partial charge in [0, 0.05) is 36.6 Å². The highest BCUT2D eigenvalue weighted by molar-refractivity contribution is 7.89. The fourth-order valence-corrected chi connectivity index (χ4v) is 5.36. The van der Waals surface area contributed by atoms with E-state index in [1.807, 2.05) is 16.6 Å². The van der Waals surface area contributed by atoms with E-state index in [4.69, 9.17) is 0 Å². The van der Waals surface area contributed by atoms with Crippen LogP contribution in [0.2, 0.25) is 0 Å². The summed E-state index contributed by atoms with van der Waals surface area (Å²) in [6, 6.07) is 2.43. The molecular weight excluding hydrogens is 326 g/mol. The summed E-state index contributed by atoms with van der Waals surface area (Å²) in [6.45, 7) is 2.82. The van der Waals surface area contributed by atoms with Crippen molar-refractivity contribution in [2.24, 2.45) is 5.92 Å². The van der Waals surface area contributed by atoms with E-state index in [1.54, 1.807) is 13.3 Å². The zero-order chi connectivity index (χ0) is 16.9. The van der Waals surface area contributed by atoms with Gasteiger partial charge in [-0.25, -0.2) is 9.97 Å². The lowest BCUT2D eigenvalue weighted by molar-refractivity contribution is -0.0428. The number of hydrogen-bond acceptors (Lipinski definition) is 6. The van der Waals surface area contributed by atoms with Crippen LogP contribution in [0.15, 0.2) is 18.6 Å². The van der Waals surface area contributed by atoms with Crippen LogP contribution in [0.25, 0.3) is 11.0 Å². The molecular formula is C16H23N5O2S. The van der Waals surface area contributed by atoms with Gasteiger partial charge < -0.3 is 19.5 Å². The van der Waals surface area contributed by atoms with Gasteiger partial charge >= 0.3 is 0 Å². The van der Waals surface area contributed by atoms with Crippen molar-refractivity contribution in [1.82, 2.24) is 19.3 Å². The Hall–Kier alpha value is -1.35. The molecule has 0 aromatic carbocycles. The van der Waals surface area contributed by atoms with E-state index >= 15 is 0 Å². The van der Waals surface area contributed by atoms with Crippen LogP contribution in [0, 0.1) is 5.92 Å². The molecule has 1 aliphatic carbocycles. The van der Waals surface area contributed by atoms with E-state index in [0.717, 1.165) is 29.7 Å². The van der Waals surface area contributed by atoms with Gasteiger partial charge in [0.25, 0.3) is 0 Å². The Labute approximate surface area is 144 Å². The maximum Gasteiger partial charge on any atom is 0.142 e. The molecule has 0 amide bonds. The van der Waals surface area contributed by atoms with E-state index in [9.17, 15) is 9.66 Å². The number of rotatable bonds is 5. The van der Waals surface area contributed by atoms with Crippen molar-refractivity contribution in [3.63, 3.8) is 0 Å². The first-order valence-electron chi connectivity index (χ1n) is 8.30. The minimum Gasteiger partial charge on any atom is -0.598 e. The number of anilines is 1. The van der Waals surface area contributed by atoms with Crippen molar-refractivity contribution >= 4 is 28.2 Å². The maximum absolute atomic E-state index is 12.3. The molecule has 1 saturated carbocycles. The minimum absolute atomic E-state index is 0.430. The average Bonchev–Trinajstić information content (AvgIpc) is 2.95. The highest BCUT2D eigenvalue weighted by atomic mass is 32.2. The maximum atomic E-state index is 12.3. The third kappa shape index (κ3) is 2.88. The van der Waals surface area contributed by atoms with E-state index in [0.29, 0.717) is 30.8 Å². The topological polar surface area (TPSA) is 91.3 Å². The fourth-order valence-electron chi connectivity index (χ4n) is 3.63. The number of aromatic nitrogens is 3. The van der Waals surface area contributed by atoms with E-state index in [1.165, 1.54) is 0 Å². The average molecular weight is 349 g/mol. The molecule has 1 aliphatic heterocycles. The van der Waals surface area contributed by atoms with Crippen molar-refractivity contribution < 1.29 is 9.66 Å². The second-order valence-electron chi connectivity index (χ2n) is 7.32. The molecule has 8 heteroatoms. The molecule has 3 heterocycles. The Morgan fingerprint density at radius 2 is 2.21 bits per heavy atom. The third-order valence-electron chi connectivity index (χ3n) is 5.13. The van der Waals surface area contributed by atoms with E-state index in [2.05, 4.69) is 26.9 Å². The lowest BCUT2D eigenvalue weighted by atomic mass is 9.81. The van der Waals surface area contributed by atoms with Crippen LogP contribution in [0.1, 0.15) is 19.8 Å². The van der Waals surface area contributed by atoms with Gasteiger partial charge in [-0.3, -0.25) is 0 Å². The summed E-state index contributed by atoms with van der Waals surface area (Å²) in [5, 5.41) is 10.8. The summed E-state index contributed by atoms with van der Waals surface area (Å²) >= 11 is -0.968. The second kappa shape index (κ2) is 5.87. The van der Waals surface area contributed by atoms with Gasteiger partial charge in [0.05, 0.1) is 24.1 Å². The Morgan fingerprint density at radius 1 is 1.46 bits per heavy atom. The van der Waals surface area contributed by atoms with Crippen molar-refractivity contribution in [3.05, 3.63) is 18.6 Å². The summed E-state index contributed by atoms with van der Waals surface area (Å²) in [4.78, 5) is 14.0. The van der Waals surface area contributed by atoms with Crippen molar-refractivity contribution in [3.8, 4) is 0 Å². The molecule has 2 aromatic heterocycles. The first kappa shape index (κ1) is 16.1. The molecule has 0 bridgehead atoms. The van der Waals surface area contributed by atoms with Gasteiger partial charge in [0.2, 0.25) is 0 Å². The zero-order valence-electron chi connectivity index (χ0n) is 14.0. The zero-order valence-corrected chi connectivity index (χ0v) is 14.8.